The Labute approximate surface area is 209 Å². The van der Waals surface area contributed by atoms with Gasteiger partial charge in [-0.05, 0) is 52.9 Å². The second-order valence-electron chi connectivity index (χ2n) is 11.3. The van der Waals surface area contributed by atoms with Crippen molar-refractivity contribution in [3.63, 3.8) is 0 Å². The first-order chi connectivity index (χ1) is 16.3. The van der Waals surface area contributed by atoms with E-state index in [0.717, 1.165) is 0 Å². The largest absolute Gasteiger partial charge is 0.465 e. The van der Waals surface area contributed by atoms with Crippen molar-refractivity contribution < 1.29 is 29.0 Å². The number of rotatable bonds is 10. The van der Waals surface area contributed by atoms with E-state index in [0.29, 0.717) is 25.8 Å². The summed E-state index contributed by atoms with van der Waals surface area (Å²) in [5.74, 6) is -2.81. The highest BCUT2D eigenvalue weighted by Gasteiger charge is 2.80. The first-order valence-corrected chi connectivity index (χ1v) is 12.7. The van der Waals surface area contributed by atoms with Crippen LogP contribution in [0.5, 0.6) is 0 Å². The van der Waals surface area contributed by atoms with Crippen LogP contribution in [0.1, 0.15) is 60.8 Å². The van der Waals surface area contributed by atoms with E-state index in [1.165, 1.54) is 4.90 Å². The van der Waals surface area contributed by atoms with Crippen molar-refractivity contribution in [3.05, 3.63) is 25.3 Å². The fourth-order valence-electron chi connectivity index (χ4n) is 6.43. The summed E-state index contributed by atoms with van der Waals surface area (Å²) in [6, 6.07) is -1.52. The molecule has 0 saturated carbocycles. The number of carbonyl (C=O) groups excluding carboxylic acids is 3. The number of hydrogen-bond donors (Lipinski definition) is 1. The molecule has 0 aromatic carbocycles. The number of aliphatic hydroxyl groups excluding tert-OH is 1. The van der Waals surface area contributed by atoms with Crippen LogP contribution in [0.4, 0.5) is 0 Å². The highest BCUT2D eigenvalue weighted by Crippen LogP contribution is 2.65. The molecule has 2 amide bonds. The zero-order valence-corrected chi connectivity index (χ0v) is 22.1. The zero-order valence-electron chi connectivity index (χ0n) is 22.1. The van der Waals surface area contributed by atoms with Crippen LogP contribution in [-0.4, -0.2) is 81.3 Å². The highest BCUT2D eigenvalue weighted by atomic mass is 16.6. The molecule has 0 aliphatic carbocycles. The SMILES string of the molecule is C=CCCOC(=O)[C@H]1[C@H]2C(=O)N([C@@H](CC)CO)C(C(=O)N(CC=C)C(C)(C)C)C23CC(C)[C@]1(C)O3. The molecule has 3 rings (SSSR count). The van der Waals surface area contributed by atoms with Gasteiger partial charge in [0.1, 0.15) is 17.6 Å². The fraction of sp³-hybridized carbons (Fsp3) is 0.741. The van der Waals surface area contributed by atoms with Crippen molar-refractivity contribution in [1.82, 2.24) is 9.80 Å². The van der Waals surface area contributed by atoms with Gasteiger partial charge < -0.3 is 24.4 Å². The van der Waals surface area contributed by atoms with E-state index in [9.17, 15) is 19.5 Å². The van der Waals surface area contributed by atoms with Gasteiger partial charge in [0.05, 0.1) is 30.8 Å². The first-order valence-electron chi connectivity index (χ1n) is 12.7. The zero-order chi connectivity index (χ0) is 26.3. The molecule has 8 heteroatoms. The summed E-state index contributed by atoms with van der Waals surface area (Å²) in [7, 11) is 0. The van der Waals surface area contributed by atoms with Gasteiger partial charge >= 0.3 is 5.97 Å². The van der Waals surface area contributed by atoms with E-state index in [-0.39, 0.29) is 30.9 Å². The number of aliphatic hydroxyl groups is 1. The Morgan fingerprint density at radius 3 is 2.51 bits per heavy atom. The molecule has 0 radical (unpaired) electrons. The van der Waals surface area contributed by atoms with E-state index < -0.39 is 46.6 Å². The predicted octanol–water partition coefficient (Wildman–Crippen LogP) is 2.70. The Kier molecular flexibility index (Phi) is 7.59. The lowest BCUT2D eigenvalue weighted by atomic mass is 9.62. The Morgan fingerprint density at radius 1 is 1.34 bits per heavy atom. The van der Waals surface area contributed by atoms with Crippen molar-refractivity contribution in [1.29, 1.82) is 0 Å². The number of esters is 1. The maximum absolute atomic E-state index is 14.3. The molecular weight excluding hydrogens is 448 g/mol. The Bertz CT molecular complexity index is 877. The lowest BCUT2D eigenvalue weighted by molar-refractivity contribution is -0.164. The van der Waals surface area contributed by atoms with Crippen molar-refractivity contribution in [2.45, 2.75) is 89.6 Å². The van der Waals surface area contributed by atoms with Crippen LogP contribution in [0.2, 0.25) is 0 Å². The van der Waals surface area contributed by atoms with Gasteiger partial charge in [-0.2, -0.15) is 0 Å². The van der Waals surface area contributed by atoms with Crippen molar-refractivity contribution in [2.75, 3.05) is 19.8 Å². The monoisotopic (exact) mass is 490 g/mol. The third-order valence-electron chi connectivity index (χ3n) is 8.27. The number of ether oxygens (including phenoxy) is 2. The number of nitrogens with zero attached hydrogens (tertiary/aromatic N) is 2. The summed E-state index contributed by atoms with van der Waals surface area (Å²) in [6.45, 7) is 19.2. The number of carbonyl (C=O) groups is 3. The Morgan fingerprint density at radius 2 is 2.00 bits per heavy atom. The Balaban J connectivity index is 2.15. The minimum atomic E-state index is -1.17. The fourth-order valence-corrected chi connectivity index (χ4v) is 6.43. The molecule has 1 N–H and O–H groups in total. The molecular formula is C27H42N2O6. The predicted molar refractivity (Wildman–Crippen MR) is 132 cm³/mol. The van der Waals surface area contributed by atoms with Crippen LogP contribution >= 0.6 is 0 Å². The van der Waals surface area contributed by atoms with Crippen molar-refractivity contribution >= 4 is 17.8 Å². The smallest absolute Gasteiger partial charge is 0.312 e. The van der Waals surface area contributed by atoms with Crippen LogP contribution in [-0.2, 0) is 23.9 Å². The van der Waals surface area contributed by atoms with Gasteiger partial charge in [-0.25, -0.2) is 0 Å². The van der Waals surface area contributed by atoms with Crippen LogP contribution in [0.3, 0.4) is 0 Å². The standard InChI is InChI=1S/C27H42N2O6/c1-9-12-14-34-24(33)20-19-22(31)29(18(11-3)16-30)21(23(32)28(13-10-2)25(5,6)7)27(19)15-17(4)26(20,8)35-27/h9-10,17-21,30H,1-2,11-16H2,3-8H3/t17?,18-,19-,20+,21?,26-,27?/m0/s1. The van der Waals surface area contributed by atoms with Crippen molar-refractivity contribution in [3.8, 4) is 0 Å². The molecule has 3 fully saturated rings. The topological polar surface area (TPSA) is 96.4 Å². The number of amides is 2. The second-order valence-corrected chi connectivity index (χ2v) is 11.3. The van der Waals surface area contributed by atoms with Crippen molar-refractivity contribution in [2.24, 2.45) is 17.8 Å². The number of fused-ring (bicyclic) bond motifs is 1. The first kappa shape index (κ1) is 27.4. The average molecular weight is 491 g/mol. The summed E-state index contributed by atoms with van der Waals surface area (Å²) in [6.07, 6.45) is 4.78. The van der Waals surface area contributed by atoms with E-state index >= 15 is 0 Å². The molecule has 0 aromatic heterocycles. The molecule has 7 atom stereocenters. The van der Waals surface area contributed by atoms with Gasteiger partial charge in [0, 0.05) is 12.1 Å². The summed E-state index contributed by atoms with van der Waals surface area (Å²) in [4.78, 5) is 45.0. The summed E-state index contributed by atoms with van der Waals surface area (Å²) < 4.78 is 12.3. The molecule has 3 heterocycles. The van der Waals surface area contributed by atoms with Gasteiger partial charge in [-0.3, -0.25) is 14.4 Å². The van der Waals surface area contributed by atoms with Crippen LogP contribution in [0.15, 0.2) is 25.3 Å². The van der Waals surface area contributed by atoms with Gasteiger partial charge in [0.25, 0.3) is 0 Å². The molecule has 3 unspecified atom stereocenters. The number of likely N-dealkylation sites (tertiary alicyclic amines) is 1. The lowest BCUT2D eigenvalue weighted by Crippen LogP contribution is -2.61. The molecule has 3 aliphatic rings. The minimum Gasteiger partial charge on any atom is -0.465 e. The highest BCUT2D eigenvalue weighted by molar-refractivity contribution is 5.99. The van der Waals surface area contributed by atoms with Gasteiger partial charge in [0.2, 0.25) is 11.8 Å². The Hall–Kier alpha value is -2.19. The normalized spacial score (nSPS) is 34.5. The quantitative estimate of drug-likeness (QED) is 0.287. The van der Waals surface area contributed by atoms with Crippen LogP contribution < -0.4 is 0 Å². The summed E-state index contributed by atoms with van der Waals surface area (Å²) >= 11 is 0. The van der Waals surface area contributed by atoms with Gasteiger partial charge in [0.15, 0.2) is 0 Å². The molecule has 3 aliphatic heterocycles. The van der Waals surface area contributed by atoms with Gasteiger partial charge in [-0.15, -0.1) is 13.2 Å². The second kappa shape index (κ2) is 9.69. The average Bonchev–Trinajstić information content (AvgIpc) is 3.29. The molecule has 3 saturated heterocycles. The maximum atomic E-state index is 14.3. The van der Waals surface area contributed by atoms with E-state index in [2.05, 4.69) is 13.2 Å². The minimum absolute atomic E-state index is 0.0737. The molecule has 1 spiro atoms. The molecule has 196 valence electrons. The maximum Gasteiger partial charge on any atom is 0.312 e. The molecule has 2 bridgehead atoms. The van der Waals surface area contributed by atoms with Gasteiger partial charge in [-0.1, -0.05) is 26.0 Å². The van der Waals surface area contributed by atoms with E-state index in [4.69, 9.17) is 9.47 Å². The molecule has 8 nitrogen and oxygen atoms in total. The van der Waals surface area contributed by atoms with E-state index in [1.807, 2.05) is 41.5 Å². The third kappa shape index (κ3) is 4.12. The van der Waals surface area contributed by atoms with Crippen LogP contribution in [0.25, 0.3) is 0 Å². The third-order valence-corrected chi connectivity index (χ3v) is 8.27. The summed E-state index contributed by atoms with van der Waals surface area (Å²) in [5.41, 5.74) is -2.63. The molecule has 0 aromatic rings. The number of hydrogen-bond acceptors (Lipinski definition) is 6. The summed E-state index contributed by atoms with van der Waals surface area (Å²) in [5, 5.41) is 10.2. The molecule has 35 heavy (non-hydrogen) atoms. The van der Waals surface area contributed by atoms with Crippen LogP contribution in [0, 0.1) is 17.8 Å². The lowest BCUT2D eigenvalue weighted by Gasteiger charge is -2.43. The van der Waals surface area contributed by atoms with E-state index in [1.54, 1.807) is 17.1 Å².